The fourth-order valence-corrected chi connectivity index (χ4v) is 3.76. The van der Waals surface area contributed by atoms with E-state index in [0.29, 0.717) is 43.5 Å². The number of ketones is 1. The Morgan fingerprint density at radius 2 is 1.75 bits per heavy atom. The van der Waals surface area contributed by atoms with E-state index in [1.807, 2.05) is 17.0 Å². The van der Waals surface area contributed by atoms with Crippen LogP contribution in [0.15, 0.2) is 47.1 Å². The second-order valence-electron chi connectivity index (χ2n) is 6.51. The number of fused-ring (bicyclic) bond motifs is 1. The highest BCUT2D eigenvalue weighted by molar-refractivity contribution is 9.10. The van der Waals surface area contributed by atoms with Crippen LogP contribution in [0.2, 0.25) is 0 Å². The number of allylic oxidation sites excluding steroid dienone is 1. The summed E-state index contributed by atoms with van der Waals surface area (Å²) in [4.78, 5) is 14.7. The van der Waals surface area contributed by atoms with Crippen LogP contribution in [-0.2, 0) is 4.74 Å². The molecule has 0 saturated carbocycles. The van der Waals surface area contributed by atoms with E-state index in [-0.39, 0.29) is 17.1 Å². The van der Waals surface area contributed by atoms with Crippen molar-refractivity contribution in [3.05, 3.63) is 52.6 Å². The van der Waals surface area contributed by atoms with Crippen molar-refractivity contribution in [1.82, 2.24) is 4.90 Å². The van der Waals surface area contributed by atoms with Gasteiger partial charge in [0, 0.05) is 41.0 Å². The SMILES string of the molecule is O=C(/C=C/N1CCOCC1)c1cccc(-c2cc3c(cc2Br)OCCO3)c1O. The van der Waals surface area contributed by atoms with Gasteiger partial charge in [0.2, 0.25) is 0 Å². The molecule has 2 aromatic carbocycles. The molecule has 0 spiro atoms. The lowest BCUT2D eigenvalue weighted by Gasteiger charge is -2.24. The van der Waals surface area contributed by atoms with Gasteiger partial charge >= 0.3 is 0 Å². The molecule has 7 heteroatoms. The highest BCUT2D eigenvalue weighted by Crippen LogP contribution is 2.43. The molecule has 0 radical (unpaired) electrons. The summed E-state index contributed by atoms with van der Waals surface area (Å²) in [5, 5.41) is 10.8. The van der Waals surface area contributed by atoms with E-state index in [0.717, 1.165) is 23.1 Å². The molecule has 0 amide bonds. The number of para-hydroxylation sites is 1. The first kappa shape index (κ1) is 18.8. The lowest BCUT2D eigenvalue weighted by Crippen LogP contribution is -2.32. The van der Waals surface area contributed by atoms with Crippen LogP contribution in [0.25, 0.3) is 11.1 Å². The number of halogens is 1. The standard InChI is InChI=1S/C21H20BrNO5/c22-17-13-20-19(27-10-11-28-20)12-16(17)14-2-1-3-15(21(14)25)18(24)4-5-23-6-8-26-9-7-23/h1-5,12-13,25H,6-11H2/b5-4+. The van der Waals surface area contributed by atoms with Gasteiger partial charge in [-0.05, 0) is 18.2 Å². The molecule has 146 valence electrons. The molecule has 0 atom stereocenters. The minimum atomic E-state index is -0.250. The van der Waals surface area contributed by atoms with E-state index >= 15 is 0 Å². The largest absolute Gasteiger partial charge is 0.507 e. The van der Waals surface area contributed by atoms with Crippen molar-refractivity contribution in [3.8, 4) is 28.4 Å². The summed E-state index contributed by atoms with van der Waals surface area (Å²) in [6.07, 6.45) is 3.25. The third-order valence-electron chi connectivity index (χ3n) is 4.71. The summed E-state index contributed by atoms with van der Waals surface area (Å²) in [6.45, 7) is 3.78. The van der Waals surface area contributed by atoms with Crippen molar-refractivity contribution in [2.75, 3.05) is 39.5 Å². The lowest BCUT2D eigenvalue weighted by molar-refractivity contribution is 0.0591. The molecule has 4 rings (SSSR count). The highest BCUT2D eigenvalue weighted by Gasteiger charge is 2.20. The third kappa shape index (κ3) is 3.86. The molecule has 6 nitrogen and oxygen atoms in total. The highest BCUT2D eigenvalue weighted by atomic mass is 79.9. The maximum atomic E-state index is 12.6. The zero-order valence-corrected chi connectivity index (χ0v) is 16.8. The summed E-state index contributed by atoms with van der Waals surface area (Å²) < 4.78 is 17.3. The molecule has 2 aliphatic heterocycles. The van der Waals surface area contributed by atoms with Crippen LogP contribution in [0.1, 0.15) is 10.4 Å². The fraction of sp³-hybridized carbons (Fsp3) is 0.286. The normalized spacial score (nSPS) is 16.4. The van der Waals surface area contributed by atoms with Crippen LogP contribution < -0.4 is 9.47 Å². The quantitative estimate of drug-likeness (QED) is 0.572. The van der Waals surface area contributed by atoms with Gasteiger partial charge in [-0.1, -0.05) is 28.1 Å². The molecule has 0 unspecified atom stereocenters. The Labute approximate surface area is 171 Å². The maximum absolute atomic E-state index is 12.6. The average molecular weight is 446 g/mol. The minimum Gasteiger partial charge on any atom is -0.507 e. The average Bonchev–Trinajstić information content (AvgIpc) is 2.72. The molecule has 0 bridgehead atoms. The number of morpholine rings is 1. The van der Waals surface area contributed by atoms with Crippen LogP contribution in [0, 0.1) is 0 Å². The van der Waals surface area contributed by atoms with Gasteiger partial charge in [0.1, 0.15) is 19.0 Å². The van der Waals surface area contributed by atoms with E-state index in [2.05, 4.69) is 15.9 Å². The van der Waals surface area contributed by atoms with Crippen molar-refractivity contribution >= 4 is 21.7 Å². The molecular weight excluding hydrogens is 426 g/mol. The Morgan fingerprint density at radius 1 is 1.04 bits per heavy atom. The minimum absolute atomic E-state index is 0.0588. The summed E-state index contributed by atoms with van der Waals surface area (Å²) in [7, 11) is 0. The van der Waals surface area contributed by atoms with Gasteiger partial charge in [-0.3, -0.25) is 4.79 Å². The Kier molecular flexibility index (Phi) is 5.54. The number of aromatic hydroxyl groups is 1. The molecule has 2 aromatic rings. The van der Waals surface area contributed by atoms with Crippen LogP contribution in [0.3, 0.4) is 0 Å². The smallest absolute Gasteiger partial charge is 0.191 e. The van der Waals surface area contributed by atoms with Crippen molar-refractivity contribution in [1.29, 1.82) is 0 Å². The molecule has 0 aromatic heterocycles. The number of hydrogen-bond acceptors (Lipinski definition) is 6. The Bertz CT molecular complexity index is 921. The van der Waals surface area contributed by atoms with Crippen molar-refractivity contribution < 1.29 is 24.1 Å². The Hall–Kier alpha value is -2.51. The second kappa shape index (κ2) is 8.24. The molecular formula is C21H20BrNO5. The zero-order chi connectivity index (χ0) is 19.5. The number of ether oxygens (including phenoxy) is 3. The fourth-order valence-electron chi connectivity index (χ4n) is 3.22. The van der Waals surface area contributed by atoms with Gasteiger partial charge in [-0.15, -0.1) is 0 Å². The monoisotopic (exact) mass is 445 g/mol. The molecule has 0 aliphatic carbocycles. The van der Waals surface area contributed by atoms with E-state index in [4.69, 9.17) is 14.2 Å². The first-order valence-corrected chi connectivity index (χ1v) is 9.88. The van der Waals surface area contributed by atoms with Gasteiger partial charge in [0.25, 0.3) is 0 Å². The number of carbonyl (C=O) groups excluding carboxylic acids is 1. The first-order valence-electron chi connectivity index (χ1n) is 9.09. The van der Waals surface area contributed by atoms with Gasteiger partial charge in [-0.25, -0.2) is 0 Å². The molecule has 2 aliphatic rings. The second-order valence-corrected chi connectivity index (χ2v) is 7.36. The van der Waals surface area contributed by atoms with E-state index in [1.54, 1.807) is 24.4 Å². The third-order valence-corrected chi connectivity index (χ3v) is 5.36. The van der Waals surface area contributed by atoms with E-state index in [9.17, 15) is 9.90 Å². The molecule has 2 heterocycles. The van der Waals surface area contributed by atoms with Gasteiger partial charge < -0.3 is 24.2 Å². The summed E-state index contributed by atoms with van der Waals surface area (Å²) in [5.41, 5.74) is 1.53. The molecule has 1 saturated heterocycles. The zero-order valence-electron chi connectivity index (χ0n) is 15.2. The van der Waals surface area contributed by atoms with Crippen LogP contribution in [0.4, 0.5) is 0 Å². The van der Waals surface area contributed by atoms with E-state index < -0.39 is 0 Å². The summed E-state index contributed by atoms with van der Waals surface area (Å²) in [5.74, 6) is 0.964. The van der Waals surface area contributed by atoms with Crippen LogP contribution >= 0.6 is 15.9 Å². The number of carbonyl (C=O) groups is 1. The maximum Gasteiger partial charge on any atom is 0.191 e. The number of rotatable bonds is 4. The van der Waals surface area contributed by atoms with Crippen LogP contribution in [0.5, 0.6) is 17.2 Å². The van der Waals surface area contributed by atoms with Crippen molar-refractivity contribution in [2.45, 2.75) is 0 Å². The summed E-state index contributed by atoms with van der Waals surface area (Å²) in [6, 6.07) is 8.78. The van der Waals surface area contributed by atoms with Crippen molar-refractivity contribution in [2.24, 2.45) is 0 Å². The lowest BCUT2D eigenvalue weighted by atomic mass is 9.99. The van der Waals surface area contributed by atoms with E-state index in [1.165, 1.54) is 6.08 Å². The molecule has 1 fully saturated rings. The van der Waals surface area contributed by atoms with Gasteiger partial charge in [0.05, 0.1) is 18.8 Å². The Balaban J connectivity index is 1.63. The van der Waals surface area contributed by atoms with Crippen molar-refractivity contribution in [3.63, 3.8) is 0 Å². The van der Waals surface area contributed by atoms with Gasteiger partial charge in [-0.2, -0.15) is 0 Å². The predicted octanol–water partition coefficient (Wildman–Crippen LogP) is 3.62. The number of benzene rings is 2. The van der Waals surface area contributed by atoms with Gasteiger partial charge in [0.15, 0.2) is 17.3 Å². The number of phenols is 1. The number of phenolic OH excluding ortho intramolecular Hbond substituents is 1. The topological polar surface area (TPSA) is 68.2 Å². The van der Waals surface area contributed by atoms with Crippen LogP contribution in [-0.4, -0.2) is 55.3 Å². The molecule has 1 N–H and O–H groups in total. The molecule has 28 heavy (non-hydrogen) atoms. The first-order chi connectivity index (χ1) is 13.6. The predicted molar refractivity (Wildman–Crippen MR) is 108 cm³/mol. The number of hydrogen-bond donors (Lipinski definition) is 1. The number of nitrogens with zero attached hydrogens (tertiary/aromatic N) is 1. The summed E-state index contributed by atoms with van der Waals surface area (Å²) >= 11 is 3.53. The Morgan fingerprint density at radius 3 is 2.50 bits per heavy atom.